The lowest BCUT2D eigenvalue weighted by molar-refractivity contribution is 0.1000. The highest BCUT2D eigenvalue weighted by atomic mass is 16.5. The van der Waals surface area contributed by atoms with Crippen molar-refractivity contribution in [2.75, 3.05) is 30.8 Å². The molecule has 6 heteroatoms. The molecule has 0 unspecified atom stereocenters. The summed E-state index contributed by atoms with van der Waals surface area (Å²) < 4.78 is 5.18. The zero-order valence-corrected chi connectivity index (χ0v) is 13.8. The van der Waals surface area contributed by atoms with E-state index in [9.17, 15) is 4.79 Å². The van der Waals surface area contributed by atoms with Crippen LogP contribution in [0, 0.1) is 0 Å². The highest BCUT2D eigenvalue weighted by molar-refractivity contribution is 5.95. The number of benzene rings is 1. The zero-order chi connectivity index (χ0) is 17.1. The number of ether oxygens (including phenoxy) is 1. The molecule has 4 N–H and O–H groups in total. The average Bonchev–Trinajstić information content (AvgIpc) is 2.61. The molecule has 2 aromatic rings. The maximum atomic E-state index is 11.7. The zero-order valence-electron chi connectivity index (χ0n) is 13.8. The minimum Gasteiger partial charge on any atom is -0.497 e. The van der Waals surface area contributed by atoms with Gasteiger partial charge in [0.15, 0.2) is 0 Å². The number of carbonyl (C=O) groups excluding carboxylic acids is 1. The first kappa shape index (κ1) is 16.1. The third-order valence-corrected chi connectivity index (χ3v) is 4.31. The first-order valence-corrected chi connectivity index (χ1v) is 8.09. The van der Waals surface area contributed by atoms with Crippen molar-refractivity contribution in [3.05, 3.63) is 35.9 Å². The lowest BCUT2D eigenvalue weighted by atomic mass is 10.1. The molecule has 0 spiro atoms. The van der Waals surface area contributed by atoms with Crippen LogP contribution >= 0.6 is 0 Å². The van der Waals surface area contributed by atoms with Crippen molar-refractivity contribution < 1.29 is 9.53 Å². The van der Waals surface area contributed by atoms with Crippen LogP contribution in [-0.2, 0) is 0 Å². The van der Waals surface area contributed by atoms with Gasteiger partial charge in [-0.15, -0.1) is 0 Å². The van der Waals surface area contributed by atoms with Crippen LogP contribution in [0.2, 0.25) is 0 Å². The summed E-state index contributed by atoms with van der Waals surface area (Å²) in [6.07, 6.45) is 3.48. The summed E-state index contributed by atoms with van der Waals surface area (Å²) in [6, 6.07) is 8.87. The van der Waals surface area contributed by atoms with Crippen LogP contribution in [0.3, 0.4) is 0 Å². The van der Waals surface area contributed by atoms with Crippen molar-refractivity contribution in [3.8, 4) is 17.0 Å². The normalized spacial score (nSPS) is 14.5. The van der Waals surface area contributed by atoms with Gasteiger partial charge in [0.05, 0.1) is 12.8 Å². The average molecular weight is 326 g/mol. The van der Waals surface area contributed by atoms with Crippen molar-refractivity contribution in [2.45, 2.75) is 19.3 Å². The number of piperidine rings is 1. The molecule has 1 amide bonds. The molecule has 0 saturated carbocycles. The van der Waals surface area contributed by atoms with Crippen LogP contribution in [0.15, 0.2) is 30.3 Å². The molecule has 1 saturated heterocycles. The second kappa shape index (κ2) is 6.78. The summed E-state index contributed by atoms with van der Waals surface area (Å²) in [5.74, 6) is 0.985. The van der Waals surface area contributed by atoms with E-state index in [-0.39, 0.29) is 0 Å². The van der Waals surface area contributed by atoms with E-state index >= 15 is 0 Å². The van der Waals surface area contributed by atoms with Gasteiger partial charge in [0.25, 0.3) is 0 Å². The smallest absolute Gasteiger partial charge is 0.248 e. The van der Waals surface area contributed by atoms with Crippen molar-refractivity contribution in [1.29, 1.82) is 0 Å². The number of methoxy groups -OCH3 is 1. The lowest BCUT2D eigenvalue weighted by Crippen LogP contribution is -2.30. The fourth-order valence-electron chi connectivity index (χ4n) is 2.98. The van der Waals surface area contributed by atoms with E-state index in [1.54, 1.807) is 25.3 Å². The number of nitrogens with two attached hydrogens (primary N) is 2. The van der Waals surface area contributed by atoms with Crippen LogP contribution in [0.25, 0.3) is 11.3 Å². The number of nitrogens with zero attached hydrogens (tertiary/aromatic N) is 2. The quantitative estimate of drug-likeness (QED) is 0.842. The predicted octanol–water partition coefficient (Wildman–Crippen LogP) is 2.43. The van der Waals surface area contributed by atoms with Gasteiger partial charge in [0, 0.05) is 36.0 Å². The topological polar surface area (TPSA) is 94.5 Å². The molecule has 24 heavy (non-hydrogen) atoms. The molecule has 1 aromatic carbocycles. The summed E-state index contributed by atoms with van der Waals surface area (Å²) in [5, 5.41) is 0. The molecule has 0 aliphatic carbocycles. The minimum atomic E-state index is -0.469. The van der Waals surface area contributed by atoms with Crippen molar-refractivity contribution in [3.63, 3.8) is 0 Å². The first-order valence-electron chi connectivity index (χ1n) is 8.09. The van der Waals surface area contributed by atoms with Gasteiger partial charge in [-0.2, -0.15) is 0 Å². The second-order valence-corrected chi connectivity index (χ2v) is 5.96. The molecule has 0 atom stereocenters. The number of nitrogen functional groups attached to an aromatic ring is 1. The number of hydrogen-bond donors (Lipinski definition) is 2. The minimum absolute atomic E-state index is 0.441. The van der Waals surface area contributed by atoms with E-state index in [2.05, 4.69) is 4.90 Å². The van der Waals surface area contributed by atoms with Gasteiger partial charge in [-0.25, -0.2) is 4.98 Å². The van der Waals surface area contributed by atoms with Gasteiger partial charge < -0.3 is 21.1 Å². The Balaban J connectivity index is 2.06. The van der Waals surface area contributed by atoms with Gasteiger partial charge >= 0.3 is 0 Å². The van der Waals surface area contributed by atoms with Gasteiger partial charge in [-0.1, -0.05) is 0 Å². The molecule has 1 aliphatic heterocycles. The molecule has 2 heterocycles. The molecule has 1 aliphatic rings. The Morgan fingerprint density at radius 3 is 2.54 bits per heavy atom. The Bertz CT molecular complexity index is 755. The standard InChI is InChI=1S/C18H22N4O2/c1-24-13-5-6-14(15(19)11-13)16-9-12(18(20)23)10-17(21-16)22-7-3-2-4-8-22/h5-6,9-11H,2-4,7-8,19H2,1H3,(H2,20,23). The fourth-order valence-corrected chi connectivity index (χ4v) is 2.98. The van der Waals surface area contributed by atoms with E-state index in [1.165, 1.54) is 6.42 Å². The Labute approximate surface area is 141 Å². The second-order valence-electron chi connectivity index (χ2n) is 5.96. The van der Waals surface area contributed by atoms with E-state index in [0.29, 0.717) is 22.7 Å². The number of amides is 1. The number of aromatic nitrogens is 1. The molecular formula is C18H22N4O2. The monoisotopic (exact) mass is 326 g/mol. The van der Waals surface area contributed by atoms with Gasteiger partial charge in [-0.05, 0) is 43.5 Å². The van der Waals surface area contributed by atoms with E-state index in [4.69, 9.17) is 21.2 Å². The molecule has 1 aromatic heterocycles. The largest absolute Gasteiger partial charge is 0.497 e. The van der Waals surface area contributed by atoms with Crippen LogP contribution in [-0.4, -0.2) is 31.1 Å². The molecular weight excluding hydrogens is 304 g/mol. The maximum Gasteiger partial charge on any atom is 0.248 e. The summed E-state index contributed by atoms with van der Waals surface area (Å²) in [7, 11) is 1.59. The number of carbonyl (C=O) groups is 1. The number of pyridine rings is 1. The molecule has 3 rings (SSSR count). The number of hydrogen-bond acceptors (Lipinski definition) is 5. The Kier molecular flexibility index (Phi) is 4.55. The molecule has 1 fully saturated rings. The Morgan fingerprint density at radius 2 is 1.92 bits per heavy atom. The summed E-state index contributed by atoms with van der Waals surface area (Å²) >= 11 is 0. The molecule has 6 nitrogen and oxygen atoms in total. The third kappa shape index (κ3) is 3.27. The van der Waals surface area contributed by atoms with Crippen LogP contribution in [0.4, 0.5) is 11.5 Å². The highest BCUT2D eigenvalue weighted by Crippen LogP contribution is 2.31. The summed E-state index contributed by atoms with van der Waals surface area (Å²) in [5.41, 5.74) is 14.0. The number of primary amides is 1. The highest BCUT2D eigenvalue weighted by Gasteiger charge is 2.17. The lowest BCUT2D eigenvalue weighted by Gasteiger charge is -2.28. The number of rotatable bonds is 4. The first-order chi connectivity index (χ1) is 11.6. The van der Waals surface area contributed by atoms with E-state index < -0.39 is 5.91 Å². The van der Waals surface area contributed by atoms with Gasteiger partial charge in [0.1, 0.15) is 11.6 Å². The maximum absolute atomic E-state index is 11.7. The van der Waals surface area contributed by atoms with Gasteiger partial charge in [0.2, 0.25) is 5.91 Å². The van der Waals surface area contributed by atoms with Crippen molar-refractivity contribution >= 4 is 17.4 Å². The Morgan fingerprint density at radius 1 is 1.17 bits per heavy atom. The summed E-state index contributed by atoms with van der Waals surface area (Å²) in [4.78, 5) is 18.6. The van der Waals surface area contributed by atoms with Crippen LogP contribution in [0.5, 0.6) is 5.75 Å². The van der Waals surface area contributed by atoms with E-state index in [1.807, 2.05) is 12.1 Å². The fraction of sp³-hybridized carbons (Fsp3) is 0.333. The molecule has 0 bridgehead atoms. The predicted molar refractivity (Wildman–Crippen MR) is 95.2 cm³/mol. The number of anilines is 2. The van der Waals surface area contributed by atoms with Crippen LogP contribution in [0.1, 0.15) is 29.6 Å². The van der Waals surface area contributed by atoms with Crippen molar-refractivity contribution in [2.24, 2.45) is 5.73 Å². The Hall–Kier alpha value is -2.76. The third-order valence-electron chi connectivity index (χ3n) is 4.31. The molecule has 126 valence electrons. The molecule has 0 radical (unpaired) electrons. The van der Waals surface area contributed by atoms with Gasteiger partial charge in [-0.3, -0.25) is 4.79 Å². The SMILES string of the molecule is COc1ccc(-c2cc(C(N)=O)cc(N3CCCCC3)n2)c(N)c1. The van der Waals surface area contributed by atoms with E-state index in [0.717, 1.165) is 37.3 Å². The van der Waals surface area contributed by atoms with Crippen molar-refractivity contribution in [1.82, 2.24) is 4.98 Å². The summed E-state index contributed by atoms with van der Waals surface area (Å²) in [6.45, 7) is 1.87. The van der Waals surface area contributed by atoms with Crippen LogP contribution < -0.4 is 21.1 Å².